The van der Waals surface area contributed by atoms with Crippen molar-refractivity contribution in [2.45, 2.75) is 19.6 Å². The van der Waals surface area contributed by atoms with Crippen molar-refractivity contribution in [2.24, 2.45) is 0 Å². The van der Waals surface area contributed by atoms with Crippen LogP contribution in [0.5, 0.6) is 5.75 Å². The van der Waals surface area contributed by atoms with Crippen molar-refractivity contribution in [1.82, 2.24) is 0 Å². The van der Waals surface area contributed by atoms with E-state index in [9.17, 15) is 0 Å². The number of aliphatic hydroxyl groups is 1. The van der Waals surface area contributed by atoms with E-state index in [1.807, 2.05) is 24.3 Å². The molecule has 1 aromatic carbocycles. The number of rotatable bonds is 5. The van der Waals surface area contributed by atoms with Gasteiger partial charge in [-0.05, 0) is 24.6 Å². The van der Waals surface area contributed by atoms with Gasteiger partial charge in [-0.2, -0.15) is 0 Å². The van der Waals surface area contributed by atoms with Gasteiger partial charge in [0.05, 0.1) is 26.4 Å². The molecular formula is C11H16O3. The molecule has 1 atom stereocenters. The van der Waals surface area contributed by atoms with Crippen LogP contribution < -0.4 is 4.74 Å². The van der Waals surface area contributed by atoms with Crippen LogP contribution in [0.25, 0.3) is 0 Å². The third kappa shape index (κ3) is 3.77. The van der Waals surface area contributed by atoms with E-state index in [1.165, 1.54) is 0 Å². The Morgan fingerprint density at radius 1 is 1.43 bits per heavy atom. The van der Waals surface area contributed by atoms with Crippen molar-refractivity contribution in [3.8, 4) is 5.75 Å². The average Bonchev–Trinajstić information content (AvgIpc) is 2.18. The largest absolute Gasteiger partial charge is 0.497 e. The maximum Gasteiger partial charge on any atom is 0.119 e. The predicted molar refractivity (Wildman–Crippen MR) is 54.3 cm³/mol. The van der Waals surface area contributed by atoms with Gasteiger partial charge in [0, 0.05) is 0 Å². The van der Waals surface area contributed by atoms with E-state index in [0.29, 0.717) is 13.2 Å². The molecule has 0 saturated carbocycles. The average molecular weight is 196 g/mol. The molecule has 1 rings (SSSR count). The molecule has 3 nitrogen and oxygen atoms in total. The van der Waals surface area contributed by atoms with E-state index in [1.54, 1.807) is 14.0 Å². The summed E-state index contributed by atoms with van der Waals surface area (Å²) in [6, 6.07) is 7.69. The minimum absolute atomic E-state index is 0.358. The van der Waals surface area contributed by atoms with Crippen molar-refractivity contribution < 1.29 is 14.6 Å². The fourth-order valence-corrected chi connectivity index (χ4v) is 1.11. The van der Waals surface area contributed by atoms with Crippen LogP contribution in [0, 0.1) is 0 Å². The molecule has 1 N–H and O–H groups in total. The number of aliphatic hydroxyl groups excluding tert-OH is 1. The highest BCUT2D eigenvalue weighted by Gasteiger charge is 1.98. The maximum absolute atomic E-state index is 8.98. The summed E-state index contributed by atoms with van der Waals surface area (Å²) in [6.45, 7) is 2.56. The molecule has 3 heteroatoms. The molecule has 14 heavy (non-hydrogen) atoms. The van der Waals surface area contributed by atoms with Gasteiger partial charge < -0.3 is 14.6 Å². The van der Waals surface area contributed by atoms with Crippen LogP contribution in [0.1, 0.15) is 12.5 Å². The van der Waals surface area contributed by atoms with Gasteiger partial charge in [0.1, 0.15) is 5.75 Å². The first-order valence-corrected chi connectivity index (χ1v) is 4.61. The van der Waals surface area contributed by atoms with Crippen molar-refractivity contribution in [2.75, 3.05) is 13.7 Å². The van der Waals surface area contributed by atoms with E-state index in [-0.39, 0.29) is 0 Å². The molecule has 78 valence electrons. The van der Waals surface area contributed by atoms with Gasteiger partial charge in [-0.25, -0.2) is 0 Å². The van der Waals surface area contributed by atoms with Gasteiger partial charge in [0.2, 0.25) is 0 Å². The Bertz CT molecular complexity index is 271. The summed E-state index contributed by atoms with van der Waals surface area (Å²) in [5.41, 5.74) is 1.05. The Kier molecular flexibility index (Phi) is 4.43. The zero-order valence-electron chi connectivity index (χ0n) is 8.56. The van der Waals surface area contributed by atoms with Crippen molar-refractivity contribution >= 4 is 0 Å². The Morgan fingerprint density at radius 3 is 2.86 bits per heavy atom. The molecule has 0 spiro atoms. The Balaban J connectivity index is 2.42. The molecule has 0 aliphatic heterocycles. The lowest BCUT2D eigenvalue weighted by Gasteiger charge is -2.07. The summed E-state index contributed by atoms with van der Waals surface area (Å²) in [4.78, 5) is 0. The highest BCUT2D eigenvalue weighted by atomic mass is 16.5. The van der Waals surface area contributed by atoms with E-state index >= 15 is 0 Å². The zero-order valence-corrected chi connectivity index (χ0v) is 8.56. The molecule has 0 aliphatic carbocycles. The zero-order chi connectivity index (χ0) is 10.4. The van der Waals surface area contributed by atoms with Gasteiger partial charge in [-0.3, -0.25) is 0 Å². The summed E-state index contributed by atoms with van der Waals surface area (Å²) < 4.78 is 10.4. The normalized spacial score (nSPS) is 12.5. The van der Waals surface area contributed by atoms with Crippen LogP contribution in [0.15, 0.2) is 24.3 Å². The van der Waals surface area contributed by atoms with E-state index in [2.05, 4.69) is 0 Å². The molecule has 0 bridgehead atoms. The lowest BCUT2D eigenvalue weighted by atomic mass is 10.2. The van der Waals surface area contributed by atoms with Crippen LogP contribution in [-0.2, 0) is 11.3 Å². The fraction of sp³-hybridized carbons (Fsp3) is 0.455. The fourth-order valence-electron chi connectivity index (χ4n) is 1.11. The summed E-state index contributed by atoms with van der Waals surface area (Å²) in [5.74, 6) is 0.822. The second kappa shape index (κ2) is 5.62. The lowest BCUT2D eigenvalue weighted by Crippen LogP contribution is -2.10. The van der Waals surface area contributed by atoms with E-state index < -0.39 is 6.10 Å². The van der Waals surface area contributed by atoms with Crippen LogP contribution in [0.2, 0.25) is 0 Å². The van der Waals surface area contributed by atoms with Gasteiger partial charge >= 0.3 is 0 Å². The SMILES string of the molecule is COc1cccc(COCC(C)O)c1. The number of hydrogen-bond donors (Lipinski definition) is 1. The third-order valence-electron chi connectivity index (χ3n) is 1.76. The Morgan fingerprint density at radius 2 is 2.21 bits per heavy atom. The summed E-state index contributed by atoms with van der Waals surface area (Å²) in [7, 11) is 1.63. The molecular weight excluding hydrogens is 180 g/mol. The Hall–Kier alpha value is -1.06. The lowest BCUT2D eigenvalue weighted by molar-refractivity contribution is 0.0375. The predicted octanol–water partition coefficient (Wildman–Crippen LogP) is 1.59. The highest BCUT2D eigenvalue weighted by molar-refractivity contribution is 5.27. The van der Waals surface area contributed by atoms with Crippen LogP contribution in [0.4, 0.5) is 0 Å². The molecule has 1 aromatic rings. The first-order valence-electron chi connectivity index (χ1n) is 4.61. The molecule has 0 aromatic heterocycles. The van der Waals surface area contributed by atoms with Gasteiger partial charge in [0.15, 0.2) is 0 Å². The molecule has 0 aliphatic rings. The summed E-state index contributed by atoms with van der Waals surface area (Å²) >= 11 is 0. The van der Waals surface area contributed by atoms with Gasteiger partial charge in [-0.1, -0.05) is 12.1 Å². The van der Waals surface area contributed by atoms with Crippen LogP contribution >= 0.6 is 0 Å². The third-order valence-corrected chi connectivity index (χ3v) is 1.76. The molecule has 0 saturated heterocycles. The minimum Gasteiger partial charge on any atom is -0.497 e. The monoisotopic (exact) mass is 196 g/mol. The molecule has 0 radical (unpaired) electrons. The number of ether oxygens (including phenoxy) is 2. The van der Waals surface area contributed by atoms with Crippen molar-refractivity contribution in [1.29, 1.82) is 0 Å². The molecule has 1 unspecified atom stereocenters. The van der Waals surface area contributed by atoms with E-state index in [0.717, 1.165) is 11.3 Å². The quantitative estimate of drug-likeness (QED) is 0.777. The van der Waals surface area contributed by atoms with Crippen LogP contribution in [-0.4, -0.2) is 24.9 Å². The first kappa shape index (κ1) is 11.0. The van der Waals surface area contributed by atoms with Gasteiger partial charge in [-0.15, -0.1) is 0 Å². The second-order valence-electron chi connectivity index (χ2n) is 3.22. The van der Waals surface area contributed by atoms with Crippen molar-refractivity contribution in [3.05, 3.63) is 29.8 Å². The summed E-state index contributed by atoms with van der Waals surface area (Å²) in [6.07, 6.45) is -0.416. The number of hydrogen-bond acceptors (Lipinski definition) is 3. The number of benzene rings is 1. The van der Waals surface area contributed by atoms with E-state index in [4.69, 9.17) is 14.6 Å². The maximum atomic E-state index is 8.98. The van der Waals surface area contributed by atoms with Crippen molar-refractivity contribution in [3.63, 3.8) is 0 Å². The highest BCUT2D eigenvalue weighted by Crippen LogP contribution is 2.13. The number of methoxy groups -OCH3 is 1. The standard InChI is InChI=1S/C11H16O3/c1-9(12)7-14-8-10-4-3-5-11(6-10)13-2/h3-6,9,12H,7-8H2,1-2H3. The van der Waals surface area contributed by atoms with Gasteiger partial charge in [0.25, 0.3) is 0 Å². The smallest absolute Gasteiger partial charge is 0.119 e. The topological polar surface area (TPSA) is 38.7 Å². The first-order chi connectivity index (χ1) is 6.72. The second-order valence-corrected chi connectivity index (χ2v) is 3.22. The molecule has 0 amide bonds. The molecule has 0 heterocycles. The van der Waals surface area contributed by atoms with Crippen LogP contribution in [0.3, 0.4) is 0 Å². The summed E-state index contributed by atoms with van der Waals surface area (Å²) in [5, 5.41) is 8.98. The Labute approximate surface area is 84.3 Å². The molecule has 0 fully saturated rings. The minimum atomic E-state index is -0.416.